The molecule has 0 N–H and O–H groups in total. The Hall–Kier alpha value is -1.98. The van der Waals surface area contributed by atoms with Crippen molar-refractivity contribution in [1.82, 2.24) is 0 Å². The van der Waals surface area contributed by atoms with Gasteiger partial charge in [0.1, 0.15) is 0 Å². The molecule has 0 radical (unpaired) electrons. The molecular formula is C9H10N2O4. The second-order valence-electron chi connectivity index (χ2n) is 3.41. The Morgan fingerprint density at radius 3 is 2.13 bits per heavy atom. The quantitative estimate of drug-likeness (QED) is 0.566. The van der Waals surface area contributed by atoms with Gasteiger partial charge in [0, 0.05) is 23.8 Å². The number of non-ortho nitro benzene ring substituents is 1. The van der Waals surface area contributed by atoms with Crippen LogP contribution in [0.1, 0.15) is 25.3 Å². The number of rotatable bonds is 3. The number of nitrogens with zero attached hydrogens (tertiary/aromatic N) is 2. The predicted molar refractivity (Wildman–Crippen MR) is 53.8 cm³/mol. The summed E-state index contributed by atoms with van der Waals surface area (Å²) in [4.78, 5) is 20.0. The third-order valence-electron chi connectivity index (χ3n) is 2.04. The van der Waals surface area contributed by atoms with Crippen LogP contribution in [-0.2, 0) is 0 Å². The smallest absolute Gasteiger partial charge is 0.258 e. The van der Waals surface area contributed by atoms with E-state index in [1.807, 2.05) is 0 Å². The summed E-state index contributed by atoms with van der Waals surface area (Å²) in [6.45, 7) is 3.51. The first-order valence-corrected chi connectivity index (χ1v) is 4.36. The fraction of sp³-hybridized carbons (Fsp3) is 0.333. The van der Waals surface area contributed by atoms with Gasteiger partial charge in [-0.05, 0) is 5.92 Å². The van der Waals surface area contributed by atoms with Crippen LogP contribution in [-0.4, -0.2) is 9.85 Å². The van der Waals surface area contributed by atoms with Gasteiger partial charge >= 0.3 is 0 Å². The molecule has 0 aliphatic heterocycles. The van der Waals surface area contributed by atoms with Crippen molar-refractivity contribution in [2.45, 2.75) is 19.8 Å². The van der Waals surface area contributed by atoms with Gasteiger partial charge in [0.05, 0.1) is 9.85 Å². The third kappa shape index (κ3) is 2.28. The molecule has 1 aromatic carbocycles. The van der Waals surface area contributed by atoms with Gasteiger partial charge in [0.2, 0.25) is 0 Å². The van der Waals surface area contributed by atoms with E-state index in [2.05, 4.69) is 0 Å². The summed E-state index contributed by atoms with van der Waals surface area (Å²) < 4.78 is 0. The number of hydrogen-bond acceptors (Lipinski definition) is 4. The molecule has 0 heterocycles. The van der Waals surface area contributed by atoms with E-state index in [1.54, 1.807) is 13.8 Å². The molecule has 6 heteroatoms. The highest BCUT2D eigenvalue weighted by molar-refractivity contribution is 5.49. The zero-order valence-corrected chi connectivity index (χ0v) is 8.34. The molecule has 0 fully saturated rings. The number of nitro benzene ring substituents is 2. The minimum absolute atomic E-state index is 0.0735. The second kappa shape index (κ2) is 4.04. The van der Waals surface area contributed by atoms with Gasteiger partial charge in [-0.15, -0.1) is 0 Å². The highest BCUT2D eigenvalue weighted by atomic mass is 16.6. The zero-order chi connectivity index (χ0) is 11.6. The Bertz CT molecular complexity index is 415. The predicted octanol–water partition coefficient (Wildman–Crippen LogP) is 2.63. The average molecular weight is 210 g/mol. The van der Waals surface area contributed by atoms with Crippen LogP contribution in [0.5, 0.6) is 0 Å². The molecule has 0 unspecified atom stereocenters. The SMILES string of the molecule is CC(C)c1cc([N+](=O)[O-])ccc1[N+](=O)[O-]. The number of nitro groups is 2. The molecule has 0 atom stereocenters. The van der Waals surface area contributed by atoms with Crippen molar-refractivity contribution in [3.8, 4) is 0 Å². The van der Waals surface area contributed by atoms with E-state index in [4.69, 9.17) is 0 Å². The van der Waals surface area contributed by atoms with Crippen molar-refractivity contribution in [3.63, 3.8) is 0 Å². The Morgan fingerprint density at radius 2 is 1.73 bits per heavy atom. The van der Waals surface area contributed by atoms with Gasteiger partial charge in [0.15, 0.2) is 0 Å². The lowest BCUT2D eigenvalue weighted by Crippen LogP contribution is -1.99. The van der Waals surface area contributed by atoms with Gasteiger partial charge in [-0.2, -0.15) is 0 Å². The fourth-order valence-electron chi connectivity index (χ4n) is 1.28. The molecule has 0 aromatic heterocycles. The molecule has 0 bridgehead atoms. The van der Waals surface area contributed by atoms with Crippen molar-refractivity contribution < 1.29 is 9.85 Å². The summed E-state index contributed by atoms with van der Waals surface area (Å²) in [5.74, 6) is -0.120. The number of benzene rings is 1. The van der Waals surface area contributed by atoms with Crippen LogP contribution >= 0.6 is 0 Å². The van der Waals surface area contributed by atoms with Crippen LogP contribution in [0.25, 0.3) is 0 Å². The summed E-state index contributed by atoms with van der Waals surface area (Å²) in [6, 6.07) is 3.57. The minimum atomic E-state index is -0.560. The third-order valence-corrected chi connectivity index (χ3v) is 2.04. The first-order valence-electron chi connectivity index (χ1n) is 4.36. The Kier molecular flexibility index (Phi) is 2.99. The van der Waals surface area contributed by atoms with Gasteiger partial charge in [-0.25, -0.2) is 0 Å². The molecule has 0 amide bonds. The first kappa shape index (κ1) is 11.1. The van der Waals surface area contributed by atoms with Gasteiger partial charge in [-0.1, -0.05) is 13.8 Å². The van der Waals surface area contributed by atoms with E-state index < -0.39 is 9.85 Å². The van der Waals surface area contributed by atoms with Crippen molar-refractivity contribution in [2.75, 3.05) is 0 Å². The molecule has 6 nitrogen and oxygen atoms in total. The Morgan fingerprint density at radius 1 is 1.13 bits per heavy atom. The van der Waals surface area contributed by atoms with E-state index in [9.17, 15) is 20.2 Å². The van der Waals surface area contributed by atoms with E-state index in [-0.39, 0.29) is 17.3 Å². The molecule has 0 saturated carbocycles. The molecule has 0 aliphatic carbocycles. The highest BCUT2D eigenvalue weighted by Crippen LogP contribution is 2.29. The van der Waals surface area contributed by atoms with E-state index in [1.165, 1.54) is 12.1 Å². The maximum absolute atomic E-state index is 10.6. The molecule has 0 saturated heterocycles. The molecule has 0 aliphatic rings. The van der Waals surface area contributed by atoms with Crippen molar-refractivity contribution in [3.05, 3.63) is 44.0 Å². The lowest BCUT2D eigenvalue weighted by molar-refractivity contribution is -0.389. The molecular weight excluding hydrogens is 200 g/mol. The first-order chi connectivity index (χ1) is 6.93. The fourth-order valence-corrected chi connectivity index (χ4v) is 1.28. The van der Waals surface area contributed by atoms with Crippen LogP contribution < -0.4 is 0 Å². The monoisotopic (exact) mass is 210 g/mol. The van der Waals surface area contributed by atoms with Crippen LogP contribution in [0, 0.1) is 20.2 Å². The van der Waals surface area contributed by atoms with Crippen LogP contribution in [0.2, 0.25) is 0 Å². The number of hydrogen-bond donors (Lipinski definition) is 0. The summed E-state index contributed by atoms with van der Waals surface area (Å²) in [5, 5.41) is 21.1. The molecule has 80 valence electrons. The second-order valence-corrected chi connectivity index (χ2v) is 3.41. The van der Waals surface area contributed by atoms with E-state index >= 15 is 0 Å². The molecule has 1 rings (SSSR count). The molecule has 0 spiro atoms. The Labute approximate surface area is 85.8 Å². The zero-order valence-electron chi connectivity index (χ0n) is 8.34. The summed E-state index contributed by atoms with van der Waals surface area (Å²) in [5.41, 5.74) is 0.189. The maximum atomic E-state index is 10.6. The van der Waals surface area contributed by atoms with E-state index in [0.29, 0.717) is 5.56 Å². The maximum Gasteiger partial charge on any atom is 0.273 e. The normalized spacial score (nSPS) is 10.3. The highest BCUT2D eigenvalue weighted by Gasteiger charge is 2.20. The van der Waals surface area contributed by atoms with Crippen molar-refractivity contribution in [2.24, 2.45) is 0 Å². The Balaban J connectivity index is 3.33. The van der Waals surface area contributed by atoms with Crippen molar-refractivity contribution >= 4 is 11.4 Å². The van der Waals surface area contributed by atoms with Crippen LogP contribution in [0.15, 0.2) is 18.2 Å². The van der Waals surface area contributed by atoms with Gasteiger partial charge < -0.3 is 0 Å². The largest absolute Gasteiger partial charge is 0.273 e. The standard InChI is InChI=1S/C9H10N2O4/c1-6(2)8-5-7(10(12)13)3-4-9(8)11(14)15/h3-6H,1-2H3. The lowest BCUT2D eigenvalue weighted by atomic mass is 10.0. The average Bonchev–Trinajstić information content (AvgIpc) is 2.16. The lowest BCUT2D eigenvalue weighted by Gasteiger charge is -2.05. The molecule has 1 aromatic rings. The summed E-state index contributed by atoms with van der Waals surface area (Å²) >= 11 is 0. The minimum Gasteiger partial charge on any atom is -0.258 e. The molecule has 15 heavy (non-hydrogen) atoms. The van der Waals surface area contributed by atoms with Gasteiger partial charge in [-0.3, -0.25) is 20.2 Å². The van der Waals surface area contributed by atoms with Gasteiger partial charge in [0.25, 0.3) is 11.4 Å². The van der Waals surface area contributed by atoms with E-state index in [0.717, 1.165) is 6.07 Å². The topological polar surface area (TPSA) is 86.3 Å². The summed E-state index contributed by atoms with van der Waals surface area (Å²) in [7, 11) is 0. The van der Waals surface area contributed by atoms with Crippen molar-refractivity contribution in [1.29, 1.82) is 0 Å². The van der Waals surface area contributed by atoms with Crippen LogP contribution in [0.3, 0.4) is 0 Å². The summed E-state index contributed by atoms with van der Waals surface area (Å²) in [6.07, 6.45) is 0. The van der Waals surface area contributed by atoms with Crippen LogP contribution in [0.4, 0.5) is 11.4 Å².